The second kappa shape index (κ2) is 6.30. The number of carbonyl (C=O) groups is 2. The van der Waals surface area contributed by atoms with Crippen LogP contribution in [0.3, 0.4) is 0 Å². The number of aromatic hydroxyl groups is 1. The van der Waals surface area contributed by atoms with Crippen LogP contribution in [0, 0.1) is 0 Å². The predicted molar refractivity (Wildman–Crippen MR) is 86.7 cm³/mol. The van der Waals surface area contributed by atoms with Gasteiger partial charge in [-0.2, -0.15) is 5.26 Å². The molecule has 1 atom stereocenters. The number of aromatic amines is 1. The molecular formula is C15H13N3O5S. The molecule has 1 amide bonds. The number of carbonyl (C=O) groups excluding carboxylic acids is 2. The van der Waals surface area contributed by atoms with Crippen LogP contribution in [0.5, 0.6) is 5.75 Å². The quantitative estimate of drug-likeness (QED) is 0.423. The molecule has 0 spiro atoms. The molecule has 0 saturated carbocycles. The zero-order valence-electron chi connectivity index (χ0n) is 12.4. The van der Waals surface area contributed by atoms with Gasteiger partial charge < -0.3 is 15.4 Å². The van der Waals surface area contributed by atoms with Gasteiger partial charge in [-0.05, 0) is 30.5 Å². The van der Waals surface area contributed by atoms with Crippen LogP contribution in [0.1, 0.15) is 17.3 Å². The molecule has 1 unspecified atom stereocenters. The van der Waals surface area contributed by atoms with Gasteiger partial charge in [0.1, 0.15) is 28.6 Å². The number of fused-ring (bicyclic) bond motifs is 1. The summed E-state index contributed by atoms with van der Waals surface area (Å²) in [5.74, 6) is -1.08. The van der Waals surface area contributed by atoms with Gasteiger partial charge in [-0.3, -0.25) is 9.68 Å². The van der Waals surface area contributed by atoms with Crippen LogP contribution in [0.25, 0.3) is 21.7 Å². The average molecular weight is 347 g/mol. The highest BCUT2D eigenvalue weighted by atomic mass is 32.1. The maximum atomic E-state index is 12.4. The van der Waals surface area contributed by atoms with E-state index in [4.69, 9.17) is 5.26 Å². The summed E-state index contributed by atoms with van der Waals surface area (Å²) in [5, 5.41) is 22.6. The molecule has 3 aromatic rings. The first-order chi connectivity index (χ1) is 11.5. The molecule has 2 heterocycles. The largest absolute Gasteiger partial charge is 0.506 e. The lowest BCUT2D eigenvalue weighted by molar-refractivity contribution is -0.235. The Morgan fingerprint density at radius 1 is 1.38 bits per heavy atom. The summed E-state index contributed by atoms with van der Waals surface area (Å²) in [6, 6.07) is 5.45. The smallest absolute Gasteiger partial charge is 0.363 e. The molecule has 8 nitrogen and oxygen atoms in total. The van der Waals surface area contributed by atoms with Crippen LogP contribution in [0.4, 0.5) is 0 Å². The van der Waals surface area contributed by atoms with Gasteiger partial charge in [-0.15, -0.1) is 11.3 Å². The van der Waals surface area contributed by atoms with E-state index in [1.165, 1.54) is 30.4 Å². The van der Waals surface area contributed by atoms with E-state index >= 15 is 0 Å². The van der Waals surface area contributed by atoms with Gasteiger partial charge in [-0.25, -0.2) is 9.78 Å². The third kappa shape index (κ3) is 2.82. The summed E-state index contributed by atoms with van der Waals surface area (Å²) in [6.07, 6.45) is 0. The molecule has 0 radical (unpaired) electrons. The summed E-state index contributed by atoms with van der Waals surface area (Å²) >= 11 is 1.46. The fraction of sp³-hybridized carbons (Fsp3) is 0.133. The molecule has 0 bridgehead atoms. The summed E-state index contributed by atoms with van der Waals surface area (Å²) < 4.78 is 0. The van der Waals surface area contributed by atoms with Gasteiger partial charge >= 0.3 is 5.97 Å². The van der Waals surface area contributed by atoms with E-state index in [0.717, 1.165) is 4.88 Å². The number of aromatic nitrogens is 2. The highest BCUT2D eigenvalue weighted by molar-refractivity contribution is 7.13. The van der Waals surface area contributed by atoms with Gasteiger partial charge in [-0.1, -0.05) is 6.07 Å². The van der Waals surface area contributed by atoms with Gasteiger partial charge in [0.15, 0.2) is 0 Å². The lowest BCUT2D eigenvalue weighted by Gasteiger charge is -2.10. The minimum absolute atomic E-state index is 0.0420. The second-order valence-corrected chi connectivity index (χ2v) is 5.97. The van der Waals surface area contributed by atoms with Crippen LogP contribution in [-0.2, 0) is 9.68 Å². The SMILES string of the molecule is CC(NC(=O)c1ccc(O)c2[nH]c(-c3cccs3)nc12)C(=O)OO. The number of nitrogens with one attached hydrogen (secondary N) is 2. The number of phenols is 1. The maximum Gasteiger partial charge on any atom is 0.363 e. The van der Waals surface area contributed by atoms with Crippen molar-refractivity contribution in [3.8, 4) is 16.5 Å². The normalized spacial score (nSPS) is 12.1. The Kier molecular flexibility index (Phi) is 4.19. The number of hydrogen-bond donors (Lipinski definition) is 4. The first-order valence-corrected chi connectivity index (χ1v) is 7.81. The standard InChI is InChI=1S/C15H13N3O5S/c1-7(15(21)23-22)16-14(20)8-4-5-9(19)12-11(8)17-13(18-12)10-3-2-6-24-10/h2-7,19,22H,1H3,(H,16,20)(H,17,18). The Morgan fingerprint density at radius 3 is 2.83 bits per heavy atom. The topological polar surface area (TPSA) is 125 Å². The van der Waals surface area contributed by atoms with Crippen molar-refractivity contribution in [2.45, 2.75) is 13.0 Å². The minimum Gasteiger partial charge on any atom is -0.506 e. The molecule has 0 saturated heterocycles. The number of benzene rings is 1. The fourth-order valence-electron chi connectivity index (χ4n) is 2.20. The van der Waals surface area contributed by atoms with E-state index < -0.39 is 17.9 Å². The number of imidazole rings is 1. The molecule has 2 aromatic heterocycles. The Labute approximate surface area is 139 Å². The number of H-pyrrole nitrogens is 1. The van der Waals surface area contributed by atoms with Crippen LogP contribution >= 0.6 is 11.3 Å². The molecule has 124 valence electrons. The summed E-state index contributed by atoms with van der Waals surface area (Å²) in [7, 11) is 0. The Morgan fingerprint density at radius 2 is 2.17 bits per heavy atom. The average Bonchev–Trinajstić information content (AvgIpc) is 3.23. The predicted octanol–water partition coefficient (Wildman–Crippen LogP) is 2.13. The van der Waals surface area contributed by atoms with Crippen molar-refractivity contribution in [3.05, 3.63) is 35.2 Å². The number of thiophene rings is 1. The van der Waals surface area contributed by atoms with Crippen molar-refractivity contribution < 1.29 is 24.8 Å². The second-order valence-electron chi connectivity index (χ2n) is 5.02. The number of rotatable bonds is 4. The highest BCUT2D eigenvalue weighted by Crippen LogP contribution is 2.30. The van der Waals surface area contributed by atoms with E-state index in [1.54, 1.807) is 0 Å². The van der Waals surface area contributed by atoms with E-state index in [2.05, 4.69) is 20.2 Å². The Hall–Kier alpha value is -2.91. The van der Waals surface area contributed by atoms with E-state index in [1.807, 2.05) is 17.5 Å². The number of nitrogens with zero attached hydrogens (tertiary/aromatic N) is 1. The lowest BCUT2D eigenvalue weighted by atomic mass is 10.1. The molecule has 3 rings (SSSR count). The van der Waals surface area contributed by atoms with Crippen molar-refractivity contribution in [2.75, 3.05) is 0 Å². The summed E-state index contributed by atoms with van der Waals surface area (Å²) in [4.78, 5) is 35.4. The zero-order chi connectivity index (χ0) is 17.3. The number of hydrogen-bond acceptors (Lipinski definition) is 7. The van der Waals surface area contributed by atoms with E-state index in [0.29, 0.717) is 11.3 Å². The van der Waals surface area contributed by atoms with Gasteiger partial charge in [0.05, 0.1) is 10.4 Å². The fourth-order valence-corrected chi connectivity index (χ4v) is 2.87. The maximum absolute atomic E-state index is 12.4. The lowest BCUT2D eigenvalue weighted by Crippen LogP contribution is -2.39. The third-order valence-electron chi connectivity index (χ3n) is 3.41. The van der Waals surface area contributed by atoms with E-state index in [9.17, 15) is 14.7 Å². The zero-order valence-corrected chi connectivity index (χ0v) is 13.3. The van der Waals surface area contributed by atoms with Crippen molar-refractivity contribution >= 4 is 34.2 Å². The van der Waals surface area contributed by atoms with Gasteiger partial charge in [0.2, 0.25) is 0 Å². The number of amides is 1. The first-order valence-electron chi connectivity index (χ1n) is 6.93. The van der Waals surface area contributed by atoms with Crippen LogP contribution < -0.4 is 5.32 Å². The van der Waals surface area contributed by atoms with Crippen LogP contribution in [0.2, 0.25) is 0 Å². The third-order valence-corrected chi connectivity index (χ3v) is 4.29. The Balaban J connectivity index is 2.01. The highest BCUT2D eigenvalue weighted by Gasteiger charge is 2.22. The molecular weight excluding hydrogens is 334 g/mol. The summed E-state index contributed by atoms with van der Waals surface area (Å²) in [5.41, 5.74) is 0.781. The Bertz CT molecular complexity index is 903. The number of phenolic OH excluding ortho intramolecular Hbond substituents is 1. The minimum atomic E-state index is -1.04. The van der Waals surface area contributed by atoms with E-state index in [-0.39, 0.29) is 16.8 Å². The molecule has 24 heavy (non-hydrogen) atoms. The van der Waals surface area contributed by atoms with Gasteiger partial charge in [0.25, 0.3) is 5.91 Å². The van der Waals surface area contributed by atoms with Crippen molar-refractivity contribution in [2.24, 2.45) is 0 Å². The molecule has 1 aromatic carbocycles. The van der Waals surface area contributed by atoms with Gasteiger partial charge in [0, 0.05) is 0 Å². The van der Waals surface area contributed by atoms with Crippen LogP contribution in [-0.4, -0.2) is 38.3 Å². The molecule has 0 aliphatic heterocycles. The molecule has 4 N–H and O–H groups in total. The molecule has 0 aliphatic rings. The first kappa shape index (κ1) is 16.0. The van der Waals surface area contributed by atoms with Crippen molar-refractivity contribution in [1.82, 2.24) is 15.3 Å². The van der Waals surface area contributed by atoms with Crippen molar-refractivity contribution in [3.63, 3.8) is 0 Å². The van der Waals surface area contributed by atoms with Crippen molar-refractivity contribution in [1.29, 1.82) is 0 Å². The molecule has 0 fully saturated rings. The summed E-state index contributed by atoms with van der Waals surface area (Å²) in [6.45, 7) is 1.37. The van der Waals surface area contributed by atoms with Crippen LogP contribution in [0.15, 0.2) is 29.6 Å². The monoisotopic (exact) mass is 347 g/mol. The molecule has 9 heteroatoms. The molecule has 0 aliphatic carbocycles.